The largest absolute Gasteiger partial charge is 0.464 e. The lowest BCUT2D eigenvalue weighted by Gasteiger charge is -2.06. The van der Waals surface area contributed by atoms with Crippen molar-refractivity contribution in [3.05, 3.63) is 54.2 Å². The van der Waals surface area contributed by atoms with E-state index in [0.29, 0.717) is 9.79 Å². The number of rotatable bonds is 5. The molecule has 3 rings (SSSR count). The zero-order chi connectivity index (χ0) is 17.8. The minimum Gasteiger partial charge on any atom is -0.464 e. The van der Waals surface area contributed by atoms with Gasteiger partial charge in [0.2, 0.25) is 0 Å². The van der Waals surface area contributed by atoms with Gasteiger partial charge in [0.1, 0.15) is 10.7 Å². The number of methoxy groups -OCH3 is 1. The minimum absolute atomic E-state index is 0.0953. The average molecular weight is 360 g/mol. The van der Waals surface area contributed by atoms with Crippen LogP contribution in [0.5, 0.6) is 11.9 Å². The number of hydrogen-bond donors (Lipinski definition) is 0. The molecule has 0 aliphatic heterocycles. The van der Waals surface area contributed by atoms with Crippen molar-refractivity contribution in [2.24, 2.45) is 7.05 Å². The molecule has 2 aromatic heterocycles. The highest BCUT2D eigenvalue weighted by Gasteiger charge is 2.26. The van der Waals surface area contributed by atoms with E-state index in [1.165, 1.54) is 48.1 Å². The first-order chi connectivity index (χ1) is 12.1. The molecule has 9 heteroatoms. The third-order valence-corrected chi connectivity index (χ3v) is 4.20. The third kappa shape index (κ3) is 3.77. The van der Waals surface area contributed by atoms with Gasteiger partial charge < -0.3 is 9.47 Å². The maximum absolute atomic E-state index is 13.1. The molecule has 3 aromatic rings. The lowest BCUT2D eigenvalue weighted by molar-refractivity contribution is 0.0584. The number of esters is 1. The van der Waals surface area contributed by atoms with Crippen molar-refractivity contribution in [1.82, 2.24) is 19.7 Å². The molecule has 0 amide bonds. The molecule has 7 nitrogen and oxygen atoms in total. The molecule has 0 saturated carbocycles. The van der Waals surface area contributed by atoms with Crippen molar-refractivity contribution in [3.8, 4) is 11.9 Å². The molecule has 0 radical (unpaired) electrons. The van der Waals surface area contributed by atoms with Crippen LogP contribution in [0.15, 0.2) is 52.5 Å². The Morgan fingerprint density at radius 1 is 1.20 bits per heavy atom. The Morgan fingerprint density at radius 3 is 2.52 bits per heavy atom. The zero-order valence-corrected chi connectivity index (χ0v) is 14.2. The fourth-order valence-corrected chi connectivity index (χ4v) is 2.99. The van der Waals surface area contributed by atoms with E-state index in [1.807, 2.05) is 0 Å². The van der Waals surface area contributed by atoms with Crippen molar-refractivity contribution in [2.45, 2.75) is 9.79 Å². The summed E-state index contributed by atoms with van der Waals surface area (Å²) < 4.78 is 24.9. The van der Waals surface area contributed by atoms with Crippen LogP contribution in [-0.2, 0) is 11.8 Å². The molecule has 25 heavy (non-hydrogen) atoms. The van der Waals surface area contributed by atoms with Crippen molar-refractivity contribution in [3.63, 3.8) is 0 Å². The number of aryl methyl sites for hydroxylation is 1. The highest BCUT2D eigenvalue weighted by Crippen LogP contribution is 2.38. The number of benzene rings is 1. The highest BCUT2D eigenvalue weighted by atomic mass is 32.2. The molecule has 0 saturated heterocycles. The van der Waals surface area contributed by atoms with Crippen LogP contribution in [0.25, 0.3) is 0 Å². The van der Waals surface area contributed by atoms with Gasteiger partial charge in [0, 0.05) is 24.3 Å². The van der Waals surface area contributed by atoms with Crippen molar-refractivity contribution in [2.75, 3.05) is 7.11 Å². The Bertz CT molecular complexity index is 884. The van der Waals surface area contributed by atoms with Crippen LogP contribution < -0.4 is 4.74 Å². The first kappa shape index (κ1) is 16.9. The van der Waals surface area contributed by atoms with Crippen LogP contribution in [0.4, 0.5) is 4.39 Å². The fraction of sp³-hybridized carbons (Fsp3) is 0.125. The molecule has 0 fully saturated rings. The Kier molecular flexibility index (Phi) is 4.94. The predicted molar refractivity (Wildman–Crippen MR) is 87.2 cm³/mol. The van der Waals surface area contributed by atoms with Gasteiger partial charge >= 0.3 is 12.0 Å². The van der Waals surface area contributed by atoms with E-state index in [4.69, 9.17) is 9.47 Å². The monoisotopic (exact) mass is 360 g/mol. The van der Waals surface area contributed by atoms with E-state index < -0.39 is 5.97 Å². The van der Waals surface area contributed by atoms with E-state index >= 15 is 0 Å². The van der Waals surface area contributed by atoms with Crippen molar-refractivity contribution < 1.29 is 18.7 Å². The number of carbonyl (C=O) groups excluding carboxylic acids is 1. The SMILES string of the molecule is COC(=O)c1c(Sc2ccc(F)cc2)c(Oc2ncccn2)nn1C. The molecule has 128 valence electrons. The van der Waals surface area contributed by atoms with Gasteiger partial charge in [0.25, 0.3) is 5.88 Å². The van der Waals surface area contributed by atoms with Gasteiger partial charge in [0.05, 0.1) is 7.11 Å². The summed E-state index contributed by atoms with van der Waals surface area (Å²) >= 11 is 1.20. The number of nitrogens with zero attached hydrogens (tertiary/aromatic N) is 4. The summed E-state index contributed by atoms with van der Waals surface area (Å²) in [5.41, 5.74) is 0.211. The maximum atomic E-state index is 13.1. The Balaban J connectivity index is 2.02. The quantitative estimate of drug-likeness (QED) is 0.647. The molecule has 0 unspecified atom stereocenters. The topological polar surface area (TPSA) is 79.1 Å². The number of halogens is 1. The van der Waals surface area contributed by atoms with E-state index in [1.54, 1.807) is 25.2 Å². The van der Waals surface area contributed by atoms with Gasteiger partial charge in [-0.3, -0.25) is 4.68 Å². The summed E-state index contributed by atoms with van der Waals surface area (Å²) in [6, 6.07) is 7.60. The molecular formula is C16H13FN4O3S. The molecule has 0 aliphatic carbocycles. The first-order valence-electron chi connectivity index (χ1n) is 7.12. The zero-order valence-electron chi connectivity index (χ0n) is 13.3. The van der Waals surface area contributed by atoms with Gasteiger partial charge in [-0.2, -0.15) is 0 Å². The normalized spacial score (nSPS) is 10.5. The van der Waals surface area contributed by atoms with E-state index in [9.17, 15) is 9.18 Å². The van der Waals surface area contributed by atoms with Crippen LogP contribution in [0.2, 0.25) is 0 Å². The second-order valence-electron chi connectivity index (χ2n) is 4.79. The van der Waals surface area contributed by atoms with Gasteiger partial charge in [-0.1, -0.05) is 11.8 Å². The standard InChI is InChI=1S/C16H13FN4O3S/c1-21-12(15(22)23-2)13(25-11-6-4-10(17)5-7-11)14(20-21)24-16-18-8-3-9-19-16/h3-9H,1-2H3. The Labute approximate surface area is 146 Å². The summed E-state index contributed by atoms with van der Waals surface area (Å²) in [5, 5.41) is 4.21. The molecule has 1 aromatic carbocycles. The second kappa shape index (κ2) is 7.31. The number of carbonyl (C=O) groups is 1. The van der Waals surface area contributed by atoms with Crippen LogP contribution in [0, 0.1) is 5.82 Å². The van der Waals surface area contributed by atoms with E-state index in [0.717, 1.165) is 0 Å². The summed E-state index contributed by atoms with van der Waals surface area (Å²) in [5.74, 6) is -0.759. The predicted octanol–water partition coefficient (Wildman–Crippen LogP) is 3.08. The van der Waals surface area contributed by atoms with Crippen molar-refractivity contribution in [1.29, 1.82) is 0 Å². The number of hydrogen-bond acceptors (Lipinski definition) is 7. The molecule has 0 atom stereocenters. The highest BCUT2D eigenvalue weighted by molar-refractivity contribution is 7.99. The lowest BCUT2D eigenvalue weighted by atomic mass is 10.3. The van der Waals surface area contributed by atoms with Crippen LogP contribution in [-0.4, -0.2) is 32.8 Å². The third-order valence-electron chi connectivity index (χ3n) is 3.12. The Morgan fingerprint density at radius 2 is 1.88 bits per heavy atom. The van der Waals surface area contributed by atoms with Gasteiger partial charge in [0.15, 0.2) is 5.69 Å². The maximum Gasteiger partial charge on any atom is 0.357 e. The summed E-state index contributed by atoms with van der Waals surface area (Å²) in [4.78, 5) is 21.2. The molecular weight excluding hydrogens is 347 g/mol. The summed E-state index contributed by atoms with van der Waals surface area (Å²) in [6.45, 7) is 0. The molecule has 0 spiro atoms. The van der Waals surface area contributed by atoms with Crippen molar-refractivity contribution >= 4 is 17.7 Å². The smallest absolute Gasteiger partial charge is 0.357 e. The molecule has 0 bridgehead atoms. The minimum atomic E-state index is -0.566. The average Bonchev–Trinajstić information content (AvgIpc) is 2.92. The molecule has 0 N–H and O–H groups in total. The molecule has 2 heterocycles. The second-order valence-corrected chi connectivity index (χ2v) is 5.87. The van der Waals surface area contributed by atoms with Crippen LogP contribution in [0.3, 0.4) is 0 Å². The van der Waals surface area contributed by atoms with Gasteiger partial charge in [-0.25, -0.2) is 19.2 Å². The van der Waals surface area contributed by atoms with Gasteiger partial charge in [-0.05, 0) is 30.3 Å². The number of ether oxygens (including phenoxy) is 2. The fourth-order valence-electron chi connectivity index (χ4n) is 2.01. The number of aromatic nitrogens is 4. The van der Waals surface area contributed by atoms with Gasteiger partial charge in [-0.15, -0.1) is 5.10 Å². The lowest BCUT2D eigenvalue weighted by Crippen LogP contribution is -2.09. The van der Waals surface area contributed by atoms with E-state index in [2.05, 4.69) is 15.1 Å². The van der Waals surface area contributed by atoms with Crippen LogP contribution in [0.1, 0.15) is 10.5 Å². The first-order valence-corrected chi connectivity index (χ1v) is 7.93. The van der Waals surface area contributed by atoms with Crippen LogP contribution >= 0.6 is 11.8 Å². The van der Waals surface area contributed by atoms with E-state index in [-0.39, 0.29) is 23.4 Å². The Hall–Kier alpha value is -2.94. The summed E-state index contributed by atoms with van der Waals surface area (Å²) in [6.07, 6.45) is 3.05. The molecule has 0 aliphatic rings. The summed E-state index contributed by atoms with van der Waals surface area (Å²) in [7, 11) is 2.88.